The van der Waals surface area contributed by atoms with Gasteiger partial charge in [0, 0.05) is 36.3 Å². The summed E-state index contributed by atoms with van der Waals surface area (Å²) in [7, 11) is 1.73. The van der Waals surface area contributed by atoms with Crippen molar-refractivity contribution in [1.82, 2.24) is 16.0 Å². The molecule has 1 aromatic carbocycles. The van der Waals surface area contributed by atoms with E-state index in [1.165, 1.54) is 9.75 Å². The summed E-state index contributed by atoms with van der Waals surface area (Å²) in [6, 6.07) is 14.2. The molecule has 0 aliphatic rings. The number of hydrogen-bond donors (Lipinski definition) is 3. The second-order valence-corrected chi connectivity index (χ2v) is 6.84. The predicted octanol–water partition coefficient (Wildman–Crippen LogP) is 2.68. The van der Waals surface area contributed by atoms with Gasteiger partial charge in [0.05, 0.1) is 6.54 Å². The number of carbonyl (C=O) groups is 1. The molecule has 2 rings (SSSR count). The van der Waals surface area contributed by atoms with Crippen LogP contribution in [-0.4, -0.2) is 25.5 Å². The summed E-state index contributed by atoms with van der Waals surface area (Å²) < 4.78 is 0. The van der Waals surface area contributed by atoms with Crippen molar-refractivity contribution < 1.29 is 4.79 Å². The van der Waals surface area contributed by atoms with Crippen molar-refractivity contribution in [2.24, 2.45) is 4.99 Å². The Labute approximate surface area is 153 Å². The van der Waals surface area contributed by atoms with E-state index in [4.69, 9.17) is 0 Å². The Morgan fingerprint density at radius 3 is 2.44 bits per heavy atom. The number of aryl methyl sites for hydroxylation is 1. The Morgan fingerprint density at radius 2 is 1.76 bits per heavy atom. The number of guanidine groups is 1. The third kappa shape index (κ3) is 6.97. The topological polar surface area (TPSA) is 65.5 Å². The lowest BCUT2D eigenvalue weighted by molar-refractivity contribution is -0.121. The molecule has 0 saturated heterocycles. The predicted molar refractivity (Wildman–Crippen MR) is 105 cm³/mol. The fraction of sp³-hybridized carbons (Fsp3) is 0.368. The van der Waals surface area contributed by atoms with Crippen molar-refractivity contribution in [3.05, 3.63) is 57.8 Å². The van der Waals surface area contributed by atoms with Crippen molar-refractivity contribution in [2.45, 2.75) is 32.9 Å². The molecule has 0 unspecified atom stereocenters. The second-order valence-electron chi connectivity index (χ2n) is 5.59. The standard InChI is InChI=1S/C19H26N4OS/c1-3-16-9-10-17(25-16)14-23-19(20-2)21-12-11-18(24)22-13-15-7-5-4-6-8-15/h4-10H,3,11-14H2,1-2H3,(H,22,24)(H2,20,21,23). The minimum absolute atomic E-state index is 0.0256. The first-order valence-corrected chi connectivity index (χ1v) is 9.35. The van der Waals surface area contributed by atoms with Gasteiger partial charge in [-0.2, -0.15) is 0 Å². The largest absolute Gasteiger partial charge is 0.356 e. The number of nitrogens with zero attached hydrogens (tertiary/aromatic N) is 1. The van der Waals surface area contributed by atoms with E-state index in [-0.39, 0.29) is 5.91 Å². The third-order valence-electron chi connectivity index (χ3n) is 3.70. The van der Waals surface area contributed by atoms with Gasteiger partial charge in [-0.1, -0.05) is 37.3 Å². The van der Waals surface area contributed by atoms with Crippen LogP contribution in [0.15, 0.2) is 47.5 Å². The van der Waals surface area contributed by atoms with E-state index < -0.39 is 0 Å². The van der Waals surface area contributed by atoms with Crippen molar-refractivity contribution in [1.29, 1.82) is 0 Å². The molecule has 0 fully saturated rings. The molecule has 0 atom stereocenters. The fourth-order valence-corrected chi connectivity index (χ4v) is 3.18. The molecule has 3 N–H and O–H groups in total. The number of nitrogens with one attached hydrogen (secondary N) is 3. The van der Waals surface area contributed by atoms with Gasteiger partial charge in [-0.3, -0.25) is 9.79 Å². The monoisotopic (exact) mass is 358 g/mol. The molecule has 1 heterocycles. The maximum absolute atomic E-state index is 11.9. The molecule has 2 aromatic rings. The molecule has 25 heavy (non-hydrogen) atoms. The van der Waals surface area contributed by atoms with Crippen LogP contribution in [0.3, 0.4) is 0 Å². The zero-order valence-corrected chi connectivity index (χ0v) is 15.7. The van der Waals surface area contributed by atoms with Crippen LogP contribution in [0.4, 0.5) is 0 Å². The minimum atomic E-state index is 0.0256. The lowest BCUT2D eigenvalue weighted by Gasteiger charge is -2.11. The molecule has 1 aromatic heterocycles. The highest BCUT2D eigenvalue weighted by Crippen LogP contribution is 2.16. The summed E-state index contributed by atoms with van der Waals surface area (Å²) in [5.41, 5.74) is 1.10. The molecule has 0 radical (unpaired) electrons. The molecule has 6 heteroatoms. The lowest BCUT2D eigenvalue weighted by Crippen LogP contribution is -2.38. The van der Waals surface area contributed by atoms with Crippen LogP contribution in [-0.2, 0) is 24.3 Å². The summed E-state index contributed by atoms with van der Waals surface area (Å²) in [6.07, 6.45) is 1.47. The number of rotatable bonds is 8. The smallest absolute Gasteiger partial charge is 0.222 e. The van der Waals surface area contributed by atoms with Crippen molar-refractivity contribution >= 4 is 23.2 Å². The Bertz CT molecular complexity index is 682. The first kappa shape index (κ1) is 19.0. The summed E-state index contributed by atoms with van der Waals surface area (Å²) >= 11 is 1.81. The summed E-state index contributed by atoms with van der Waals surface area (Å²) in [5, 5.41) is 9.36. The summed E-state index contributed by atoms with van der Waals surface area (Å²) in [6.45, 7) is 4.01. The number of aliphatic imine (C=N–C) groups is 1. The van der Waals surface area contributed by atoms with Gasteiger partial charge in [0.1, 0.15) is 0 Å². The Balaban J connectivity index is 1.64. The highest BCUT2D eigenvalue weighted by molar-refractivity contribution is 7.11. The second kappa shape index (κ2) is 10.5. The third-order valence-corrected chi connectivity index (χ3v) is 4.93. The van der Waals surface area contributed by atoms with Gasteiger partial charge >= 0.3 is 0 Å². The molecular formula is C19H26N4OS. The van der Waals surface area contributed by atoms with Gasteiger partial charge in [-0.25, -0.2) is 0 Å². The quantitative estimate of drug-likeness (QED) is 0.502. The zero-order valence-electron chi connectivity index (χ0n) is 14.8. The number of thiophene rings is 1. The average molecular weight is 359 g/mol. The number of amides is 1. The van der Waals surface area contributed by atoms with Crippen LogP contribution in [0.5, 0.6) is 0 Å². The van der Waals surface area contributed by atoms with Gasteiger partial charge in [0.2, 0.25) is 5.91 Å². The molecule has 134 valence electrons. The molecule has 0 aliphatic carbocycles. The SMILES string of the molecule is CCc1ccc(CNC(=NC)NCCC(=O)NCc2ccccc2)s1. The van der Waals surface area contributed by atoms with Crippen molar-refractivity contribution in [2.75, 3.05) is 13.6 Å². The Morgan fingerprint density at radius 1 is 1.00 bits per heavy atom. The number of carbonyl (C=O) groups excluding carboxylic acids is 1. The van der Waals surface area contributed by atoms with Gasteiger partial charge in [0.25, 0.3) is 0 Å². The van der Waals surface area contributed by atoms with Crippen molar-refractivity contribution in [3.8, 4) is 0 Å². The van der Waals surface area contributed by atoms with Crippen LogP contribution in [0.1, 0.15) is 28.7 Å². The maximum Gasteiger partial charge on any atom is 0.222 e. The number of benzene rings is 1. The first-order valence-electron chi connectivity index (χ1n) is 8.54. The van der Waals surface area contributed by atoms with Gasteiger partial charge in [-0.05, 0) is 24.1 Å². The molecule has 0 saturated carbocycles. The highest BCUT2D eigenvalue weighted by atomic mass is 32.1. The summed E-state index contributed by atoms with van der Waals surface area (Å²) in [4.78, 5) is 18.7. The molecule has 5 nitrogen and oxygen atoms in total. The van der Waals surface area contributed by atoms with Gasteiger partial charge < -0.3 is 16.0 Å². The fourth-order valence-electron chi connectivity index (χ4n) is 2.28. The Hall–Kier alpha value is -2.34. The zero-order chi connectivity index (χ0) is 17.9. The van der Waals surface area contributed by atoms with Gasteiger partial charge in [0.15, 0.2) is 5.96 Å². The van der Waals surface area contributed by atoms with E-state index in [0.29, 0.717) is 25.5 Å². The number of hydrogen-bond acceptors (Lipinski definition) is 3. The highest BCUT2D eigenvalue weighted by Gasteiger charge is 2.04. The summed E-state index contributed by atoms with van der Waals surface area (Å²) in [5.74, 6) is 0.736. The Kier molecular flexibility index (Phi) is 7.98. The van der Waals surface area contributed by atoms with Crippen LogP contribution in [0.25, 0.3) is 0 Å². The van der Waals surface area contributed by atoms with E-state index in [0.717, 1.165) is 18.5 Å². The maximum atomic E-state index is 11.9. The molecule has 0 bridgehead atoms. The minimum Gasteiger partial charge on any atom is -0.356 e. The van der Waals surface area contributed by atoms with Crippen LogP contribution in [0, 0.1) is 0 Å². The average Bonchev–Trinajstić information content (AvgIpc) is 3.11. The van der Waals surface area contributed by atoms with Crippen molar-refractivity contribution in [3.63, 3.8) is 0 Å². The van der Waals surface area contributed by atoms with Crippen LogP contribution in [0.2, 0.25) is 0 Å². The molecule has 0 spiro atoms. The van der Waals surface area contributed by atoms with Crippen LogP contribution >= 0.6 is 11.3 Å². The normalized spacial score (nSPS) is 11.2. The van der Waals surface area contributed by atoms with E-state index in [2.05, 4.69) is 40.0 Å². The molecular weight excluding hydrogens is 332 g/mol. The van der Waals surface area contributed by atoms with Crippen LogP contribution < -0.4 is 16.0 Å². The first-order chi connectivity index (χ1) is 12.2. The van der Waals surface area contributed by atoms with E-state index >= 15 is 0 Å². The van der Waals surface area contributed by atoms with Gasteiger partial charge in [-0.15, -0.1) is 11.3 Å². The van der Waals surface area contributed by atoms with E-state index in [9.17, 15) is 4.79 Å². The van der Waals surface area contributed by atoms with E-state index in [1.807, 2.05) is 41.7 Å². The lowest BCUT2D eigenvalue weighted by atomic mass is 10.2. The molecule has 0 aliphatic heterocycles. The van der Waals surface area contributed by atoms with E-state index in [1.54, 1.807) is 7.05 Å². The molecule has 1 amide bonds.